The van der Waals surface area contributed by atoms with Crippen molar-refractivity contribution >= 4 is 6.09 Å². The van der Waals surface area contributed by atoms with Gasteiger partial charge in [-0.3, -0.25) is 0 Å². The molecule has 22 heavy (non-hydrogen) atoms. The lowest BCUT2D eigenvalue weighted by Crippen LogP contribution is -2.36. The number of hydrogen-bond acceptors (Lipinski definition) is 5. The largest absolute Gasteiger partial charge is 0.472 e. The van der Waals surface area contributed by atoms with Gasteiger partial charge >= 0.3 is 6.09 Å². The van der Waals surface area contributed by atoms with Gasteiger partial charge in [0.2, 0.25) is 0 Å². The van der Waals surface area contributed by atoms with Crippen LogP contribution in [0.15, 0.2) is 29.2 Å². The minimum absolute atomic E-state index is 0.129. The summed E-state index contributed by atoms with van der Waals surface area (Å²) >= 11 is 0. The third kappa shape index (κ3) is 4.09. The van der Waals surface area contributed by atoms with Crippen molar-refractivity contribution in [3.05, 3.63) is 36.0 Å². The molecular formula is C15H20N4O3. The number of rotatable bonds is 5. The molecule has 0 atom stereocenters. The van der Waals surface area contributed by atoms with E-state index in [4.69, 9.17) is 9.15 Å². The second-order valence-electron chi connectivity index (χ2n) is 5.59. The van der Waals surface area contributed by atoms with Gasteiger partial charge in [0.1, 0.15) is 12.3 Å². The average Bonchev–Trinajstić information content (AvgIpc) is 3.19. The first-order chi connectivity index (χ1) is 10.8. The lowest BCUT2D eigenvalue weighted by Gasteiger charge is -2.22. The number of aromatic nitrogens is 3. The molecule has 1 fully saturated rings. The van der Waals surface area contributed by atoms with E-state index in [-0.39, 0.29) is 18.7 Å². The molecule has 1 aliphatic rings. The van der Waals surface area contributed by atoms with Gasteiger partial charge in [0.15, 0.2) is 0 Å². The first-order valence-corrected chi connectivity index (χ1v) is 7.63. The van der Waals surface area contributed by atoms with Crippen LogP contribution in [0.1, 0.15) is 43.4 Å². The maximum atomic E-state index is 11.7. The number of ether oxygens (including phenoxy) is 1. The molecule has 1 amide bonds. The Kier molecular flexibility index (Phi) is 4.72. The predicted octanol–water partition coefficient (Wildman–Crippen LogP) is 2.48. The van der Waals surface area contributed by atoms with Crippen molar-refractivity contribution in [2.45, 2.75) is 51.3 Å². The molecule has 1 N–H and O–H groups in total. The van der Waals surface area contributed by atoms with Gasteiger partial charge in [0.25, 0.3) is 0 Å². The summed E-state index contributed by atoms with van der Waals surface area (Å²) in [4.78, 5) is 11.7. The average molecular weight is 304 g/mol. The molecule has 0 spiro atoms. The highest BCUT2D eigenvalue weighted by Gasteiger charge is 2.16. The normalized spacial score (nSPS) is 15.6. The third-order valence-corrected chi connectivity index (χ3v) is 3.79. The number of hydrogen-bond donors (Lipinski definition) is 1. The van der Waals surface area contributed by atoms with Gasteiger partial charge in [-0.05, 0) is 18.9 Å². The lowest BCUT2D eigenvalue weighted by molar-refractivity contribution is 0.131. The van der Waals surface area contributed by atoms with Gasteiger partial charge in [-0.15, -0.1) is 5.10 Å². The molecule has 7 heteroatoms. The van der Waals surface area contributed by atoms with Crippen molar-refractivity contribution in [2.75, 3.05) is 0 Å². The zero-order valence-corrected chi connectivity index (χ0v) is 12.4. The smallest absolute Gasteiger partial charge is 0.407 e. The monoisotopic (exact) mass is 304 g/mol. The molecule has 1 aliphatic carbocycles. The predicted molar refractivity (Wildman–Crippen MR) is 78.0 cm³/mol. The zero-order chi connectivity index (χ0) is 15.2. The molecule has 0 saturated heterocycles. The number of furan rings is 1. The fraction of sp³-hybridized carbons (Fsp3) is 0.533. The molecule has 3 rings (SSSR count). The zero-order valence-electron chi connectivity index (χ0n) is 12.4. The van der Waals surface area contributed by atoms with E-state index in [1.54, 1.807) is 23.4 Å². The van der Waals surface area contributed by atoms with Crippen molar-refractivity contribution in [3.8, 4) is 0 Å². The summed E-state index contributed by atoms with van der Waals surface area (Å²) in [6.45, 7) is 0.710. The van der Waals surface area contributed by atoms with E-state index >= 15 is 0 Å². The molecule has 0 radical (unpaired) electrons. The fourth-order valence-corrected chi connectivity index (χ4v) is 2.65. The van der Waals surface area contributed by atoms with E-state index in [0.717, 1.165) is 18.4 Å². The van der Waals surface area contributed by atoms with Gasteiger partial charge in [0.05, 0.1) is 25.3 Å². The van der Waals surface area contributed by atoms with Gasteiger partial charge in [-0.25, -0.2) is 9.48 Å². The molecule has 118 valence electrons. The molecule has 7 nitrogen and oxygen atoms in total. The molecule has 1 saturated carbocycles. The summed E-state index contributed by atoms with van der Waals surface area (Å²) < 4.78 is 11.9. The SMILES string of the molecule is O=C(NC1CCCCC1)OCc1cn(Cc2ccoc2)nn1. The van der Waals surface area contributed by atoms with Gasteiger partial charge in [-0.1, -0.05) is 24.5 Å². The Morgan fingerprint density at radius 3 is 3.05 bits per heavy atom. The maximum absolute atomic E-state index is 11.7. The Morgan fingerprint density at radius 1 is 1.41 bits per heavy atom. The highest BCUT2D eigenvalue weighted by molar-refractivity contribution is 5.67. The highest BCUT2D eigenvalue weighted by atomic mass is 16.5. The Labute approximate surface area is 128 Å². The first kappa shape index (κ1) is 14.6. The van der Waals surface area contributed by atoms with Crippen LogP contribution in [0.2, 0.25) is 0 Å². The van der Waals surface area contributed by atoms with Crippen molar-refractivity contribution in [1.29, 1.82) is 0 Å². The summed E-state index contributed by atoms with van der Waals surface area (Å²) in [6, 6.07) is 2.12. The summed E-state index contributed by atoms with van der Waals surface area (Å²) in [5.74, 6) is 0. The summed E-state index contributed by atoms with van der Waals surface area (Å²) in [5.41, 5.74) is 1.63. The molecular weight excluding hydrogens is 284 g/mol. The topological polar surface area (TPSA) is 82.2 Å². The van der Waals surface area contributed by atoms with E-state index in [0.29, 0.717) is 12.2 Å². The molecule has 0 aromatic carbocycles. The number of nitrogens with zero attached hydrogens (tertiary/aromatic N) is 3. The Hall–Kier alpha value is -2.31. The third-order valence-electron chi connectivity index (χ3n) is 3.79. The highest BCUT2D eigenvalue weighted by Crippen LogP contribution is 2.17. The van der Waals surface area contributed by atoms with Crippen LogP contribution >= 0.6 is 0 Å². The van der Waals surface area contributed by atoms with Crippen molar-refractivity contribution in [1.82, 2.24) is 20.3 Å². The minimum atomic E-state index is -0.378. The van der Waals surface area contributed by atoms with Crippen LogP contribution in [0.5, 0.6) is 0 Å². The molecule has 2 aromatic heterocycles. The van der Waals surface area contributed by atoms with Crippen LogP contribution in [0.3, 0.4) is 0 Å². The van der Waals surface area contributed by atoms with Crippen LogP contribution < -0.4 is 5.32 Å². The van der Waals surface area contributed by atoms with Crippen LogP contribution in [0, 0.1) is 0 Å². The van der Waals surface area contributed by atoms with Gasteiger partial charge in [0, 0.05) is 11.6 Å². The molecule has 0 aliphatic heterocycles. The van der Waals surface area contributed by atoms with E-state index in [1.807, 2.05) is 6.07 Å². The molecule has 2 aromatic rings. The molecule has 0 unspecified atom stereocenters. The maximum Gasteiger partial charge on any atom is 0.407 e. The van der Waals surface area contributed by atoms with Crippen molar-refractivity contribution in [2.24, 2.45) is 0 Å². The number of alkyl carbamates (subject to hydrolysis) is 1. The second kappa shape index (κ2) is 7.11. The van der Waals surface area contributed by atoms with Crippen LogP contribution in [0.4, 0.5) is 4.79 Å². The van der Waals surface area contributed by atoms with Crippen LogP contribution in [-0.2, 0) is 17.9 Å². The van der Waals surface area contributed by atoms with E-state index < -0.39 is 0 Å². The number of carbonyl (C=O) groups is 1. The number of carbonyl (C=O) groups excluding carboxylic acids is 1. The van der Waals surface area contributed by atoms with Crippen LogP contribution in [-0.4, -0.2) is 27.1 Å². The lowest BCUT2D eigenvalue weighted by atomic mass is 9.96. The summed E-state index contributed by atoms with van der Waals surface area (Å²) in [5, 5.41) is 10.9. The Morgan fingerprint density at radius 2 is 2.27 bits per heavy atom. The fourth-order valence-electron chi connectivity index (χ4n) is 2.65. The minimum Gasteiger partial charge on any atom is -0.472 e. The Balaban J connectivity index is 1.43. The molecule has 2 heterocycles. The quantitative estimate of drug-likeness (QED) is 0.917. The van der Waals surface area contributed by atoms with E-state index in [9.17, 15) is 4.79 Å². The number of amides is 1. The first-order valence-electron chi connectivity index (χ1n) is 7.63. The van der Waals surface area contributed by atoms with Crippen molar-refractivity contribution < 1.29 is 13.9 Å². The van der Waals surface area contributed by atoms with Gasteiger partial charge < -0.3 is 14.5 Å². The summed E-state index contributed by atoms with van der Waals surface area (Å²) in [7, 11) is 0. The molecule has 0 bridgehead atoms. The Bertz CT molecular complexity index is 588. The number of nitrogens with one attached hydrogen (secondary N) is 1. The second-order valence-corrected chi connectivity index (χ2v) is 5.59. The van der Waals surface area contributed by atoms with E-state index in [2.05, 4.69) is 15.6 Å². The van der Waals surface area contributed by atoms with Gasteiger partial charge in [-0.2, -0.15) is 0 Å². The summed E-state index contributed by atoms with van der Waals surface area (Å²) in [6.07, 6.45) is 10.3. The van der Waals surface area contributed by atoms with E-state index in [1.165, 1.54) is 19.3 Å². The van der Waals surface area contributed by atoms with Crippen molar-refractivity contribution in [3.63, 3.8) is 0 Å². The van der Waals surface area contributed by atoms with Crippen LogP contribution in [0.25, 0.3) is 0 Å². The standard InChI is InChI=1S/C15H20N4O3/c20-15(16-13-4-2-1-3-5-13)22-11-14-9-19(18-17-14)8-12-6-7-21-10-12/h6-7,9-10,13H,1-5,8,11H2,(H,16,20).